The van der Waals surface area contributed by atoms with Gasteiger partial charge in [0.1, 0.15) is 6.04 Å². The molecule has 0 aromatic heterocycles. The molecule has 1 atom stereocenters. The van der Waals surface area contributed by atoms with Gasteiger partial charge >= 0.3 is 5.97 Å². The van der Waals surface area contributed by atoms with Crippen molar-refractivity contribution < 1.29 is 18.3 Å². The number of thiol groups is 1. The summed E-state index contributed by atoms with van der Waals surface area (Å²) in [6, 6.07) is 6.29. The minimum Gasteiger partial charge on any atom is -0.480 e. The van der Waals surface area contributed by atoms with Crippen molar-refractivity contribution in [2.24, 2.45) is 0 Å². The Labute approximate surface area is 112 Å². The second kappa shape index (κ2) is 5.29. The molecule has 0 aliphatic carbocycles. The van der Waals surface area contributed by atoms with E-state index in [2.05, 4.69) is 17.4 Å². The third-order valence-electron chi connectivity index (χ3n) is 2.28. The van der Waals surface area contributed by atoms with E-state index < -0.39 is 26.8 Å². The summed E-state index contributed by atoms with van der Waals surface area (Å²) in [5.74, 6) is -1.27. The molecule has 100 valence electrons. The standard InChI is InChI=1S/C11H15NO4S2/c1-11(2,17)9(10(13)14)12-18(15,16)8-6-4-3-5-7-8/h3-7,9,12,17H,1-2H3,(H,13,14). The van der Waals surface area contributed by atoms with Crippen molar-refractivity contribution in [3.05, 3.63) is 30.3 Å². The predicted molar refractivity (Wildman–Crippen MR) is 71.3 cm³/mol. The third kappa shape index (κ3) is 3.72. The smallest absolute Gasteiger partial charge is 0.323 e. The molecule has 5 nitrogen and oxygen atoms in total. The fourth-order valence-electron chi connectivity index (χ4n) is 1.32. The van der Waals surface area contributed by atoms with E-state index in [0.717, 1.165) is 0 Å². The number of hydrogen-bond donors (Lipinski definition) is 3. The molecule has 0 fully saturated rings. The molecule has 0 heterocycles. The van der Waals surface area contributed by atoms with Gasteiger partial charge in [-0.25, -0.2) is 8.42 Å². The fourth-order valence-corrected chi connectivity index (χ4v) is 2.94. The molecule has 2 N–H and O–H groups in total. The molecule has 1 aromatic rings. The van der Waals surface area contributed by atoms with Crippen LogP contribution in [0.1, 0.15) is 13.8 Å². The highest BCUT2D eigenvalue weighted by atomic mass is 32.2. The van der Waals surface area contributed by atoms with Crippen molar-refractivity contribution in [1.29, 1.82) is 0 Å². The summed E-state index contributed by atoms with van der Waals surface area (Å²) in [4.78, 5) is 11.1. The Kier molecular flexibility index (Phi) is 4.41. The topological polar surface area (TPSA) is 83.5 Å². The van der Waals surface area contributed by atoms with Crippen LogP contribution in [0, 0.1) is 0 Å². The molecule has 0 aliphatic rings. The highest BCUT2D eigenvalue weighted by Gasteiger charge is 2.36. The highest BCUT2D eigenvalue weighted by molar-refractivity contribution is 7.89. The number of carboxylic acid groups (broad SMARTS) is 1. The first kappa shape index (κ1) is 15.0. The van der Waals surface area contributed by atoms with Crippen LogP contribution in [-0.4, -0.2) is 30.3 Å². The normalized spacial score (nSPS) is 14.2. The number of hydrogen-bond acceptors (Lipinski definition) is 4. The maximum absolute atomic E-state index is 12.0. The molecule has 0 amide bonds. The van der Waals surface area contributed by atoms with Gasteiger partial charge in [-0.15, -0.1) is 0 Å². The summed E-state index contributed by atoms with van der Waals surface area (Å²) in [5, 5.41) is 9.04. The Hall–Kier alpha value is -1.05. The lowest BCUT2D eigenvalue weighted by molar-refractivity contribution is -0.139. The lowest BCUT2D eigenvalue weighted by atomic mass is 10.1. The molecule has 0 aliphatic heterocycles. The van der Waals surface area contributed by atoms with Gasteiger partial charge < -0.3 is 5.11 Å². The molecular formula is C11H15NO4S2. The van der Waals surface area contributed by atoms with E-state index >= 15 is 0 Å². The average Bonchev–Trinajstić information content (AvgIpc) is 2.25. The summed E-state index contributed by atoms with van der Waals surface area (Å²) in [6.07, 6.45) is 0. The summed E-state index contributed by atoms with van der Waals surface area (Å²) in [5.41, 5.74) is 0. The number of benzene rings is 1. The summed E-state index contributed by atoms with van der Waals surface area (Å²) < 4.78 is 25.1. The Balaban J connectivity index is 3.06. The first-order valence-corrected chi connectivity index (χ1v) is 7.10. The average molecular weight is 289 g/mol. The van der Waals surface area contributed by atoms with Crippen LogP contribution < -0.4 is 4.72 Å². The van der Waals surface area contributed by atoms with Crippen LogP contribution in [-0.2, 0) is 14.8 Å². The van der Waals surface area contributed by atoms with Crippen LogP contribution >= 0.6 is 12.6 Å². The molecule has 0 spiro atoms. The molecule has 7 heteroatoms. The molecular weight excluding hydrogens is 274 g/mol. The van der Waals surface area contributed by atoms with Crippen molar-refractivity contribution in [2.75, 3.05) is 0 Å². The van der Waals surface area contributed by atoms with Crippen molar-refractivity contribution in [1.82, 2.24) is 4.72 Å². The van der Waals surface area contributed by atoms with Gasteiger partial charge in [0.2, 0.25) is 10.0 Å². The zero-order valence-electron chi connectivity index (χ0n) is 9.99. The van der Waals surface area contributed by atoms with E-state index in [4.69, 9.17) is 5.11 Å². The minimum absolute atomic E-state index is 0.0221. The number of aliphatic carboxylic acids is 1. The number of nitrogens with one attached hydrogen (secondary N) is 1. The number of sulfonamides is 1. The van der Waals surface area contributed by atoms with Crippen molar-refractivity contribution in [2.45, 2.75) is 29.5 Å². The van der Waals surface area contributed by atoms with E-state index in [0.29, 0.717) is 0 Å². The van der Waals surface area contributed by atoms with Crippen LogP contribution in [0.25, 0.3) is 0 Å². The first-order chi connectivity index (χ1) is 8.14. The van der Waals surface area contributed by atoms with Crippen LogP contribution in [0.3, 0.4) is 0 Å². The van der Waals surface area contributed by atoms with Crippen molar-refractivity contribution >= 4 is 28.6 Å². The molecule has 18 heavy (non-hydrogen) atoms. The molecule has 1 aromatic carbocycles. The predicted octanol–water partition coefficient (Wildman–Crippen LogP) is 1.13. The van der Waals surface area contributed by atoms with E-state index in [1.807, 2.05) is 0 Å². The number of carbonyl (C=O) groups is 1. The van der Waals surface area contributed by atoms with Gasteiger partial charge in [0.05, 0.1) is 4.90 Å². The molecule has 0 saturated carbocycles. The molecule has 1 unspecified atom stereocenters. The Morgan fingerprint density at radius 1 is 1.33 bits per heavy atom. The lowest BCUT2D eigenvalue weighted by Gasteiger charge is -2.26. The van der Waals surface area contributed by atoms with Gasteiger partial charge in [0.15, 0.2) is 0 Å². The van der Waals surface area contributed by atoms with E-state index in [1.165, 1.54) is 26.0 Å². The van der Waals surface area contributed by atoms with Gasteiger partial charge in [-0.05, 0) is 26.0 Å². The van der Waals surface area contributed by atoms with Gasteiger partial charge in [-0.1, -0.05) is 18.2 Å². The van der Waals surface area contributed by atoms with Crippen molar-refractivity contribution in [3.63, 3.8) is 0 Å². The SMILES string of the molecule is CC(C)(S)C(NS(=O)(=O)c1ccccc1)C(=O)O. The summed E-state index contributed by atoms with van der Waals surface area (Å²) >= 11 is 4.11. The summed E-state index contributed by atoms with van der Waals surface area (Å²) in [6.45, 7) is 3.06. The zero-order valence-corrected chi connectivity index (χ0v) is 11.7. The number of carboxylic acids is 1. The first-order valence-electron chi connectivity index (χ1n) is 5.17. The van der Waals surface area contributed by atoms with Crippen LogP contribution in [0.15, 0.2) is 35.2 Å². The molecule has 1 rings (SSSR count). The summed E-state index contributed by atoms with van der Waals surface area (Å²) in [7, 11) is -3.87. The molecule has 0 radical (unpaired) electrons. The fraction of sp³-hybridized carbons (Fsp3) is 0.364. The van der Waals surface area contributed by atoms with Gasteiger partial charge in [0, 0.05) is 4.75 Å². The van der Waals surface area contributed by atoms with Crippen LogP contribution in [0.2, 0.25) is 0 Å². The Morgan fingerprint density at radius 3 is 2.22 bits per heavy atom. The zero-order chi connectivity index (χ0) is 14.0. The Morgan fingerprint density at radius 2 is 1.83 bits per heavy atom. The van der Waals surface area contributed by atoms with Gasteiger partial charge in [0.25, 0.3) is 0 Å². The van der Waals surface area contributed by atoms with Crippen LogP contribution in [0.4, 0.5) is 0 Å². The van der Waals surface area contributed by atoms with E-state index in [9.17, 15) is 13.2 Å². The highest BCUT2D eigenvalue weighted by Crippen LogP contribution is 2.20. The monoisotopic (exact) mass is 289 g/mol. The largest absolute Gasteiger partial charge is 0.480 e. The maximum Gasteiger partial charge on any atom is 0.323 e. The Bertz CT molecular complexity index is 520. The quantitative estimate of drug-likeness (QED) is 0.709. The second-order valence-corrected chi connectivity index (χ2v) is 7.23. The minimum atomic E-state index is -3.87. The maximum atomic E-state index is 12.0. The number of rotatable bonds is 5. The second-order valence-electron chi connectivity index (χ2n) is 4.36. The van der Waals surface area contributed by atoms with Crippen molar-refractivity contribution in [3.8, 4) is 0 Å². The molecule has 0 bridgehead atoms. The third-order valence-corrected chi connectivity index (χ3v) is 3.98. The van der Waals surface area contributed by atoms with Crippen LogP contribution in [0.5, 0.6) is 0 Å². The van der Waals surface area contributed by atoms with Gasteiger partial charge in [-0.3, -0.25) is 4.79 Å². The van der Waals surface area contributed by atoms with E-state index in [1.54, 1.807) is 18.2 Å². The lowest BCUT2D eigenvalue weighted by Crippen LogP contribution is -2.51. The van der Waals surface area contributed by atoms with E-state index in [-0.39, 0.29) is 4.90 Å². The molecule has 0 saturated heterocycles. The van der Waals surface area contributed by atoms with Gasteiger partial charge in [-0.2, -0.15) is 17.4 Å².